The highest BCUT2D eigenvalue weighted by atomic mass is 32.1. The van der Waals surface area contributed by atoms with Crippen LogP contribution in [-0.4, -0.2) is 41.2 Å². The highest BCUT2D eigenvalue weighted by molar-refractivity contribution is 7.10. The standard InChI is InChI=1S/C22H28N2O2S/c1-15(2)13-23(17(4)25)14-21(26)24-11-9-20-19(10-12-27-20)22(24)18-8-6-5-7-16(18)3/h5-8,10,12,15,22H,9,11,13-14H2,1-4H3/t22-/m0/s1. The van der Waals surface area contributed by atoms with Crippen LogP contribution in [0.15, 0.2) is 35.7 Å². The molecule has 0 aliphatic carbocycles. The van der Waals surface area contributed by atoms with Crippen LogP contribution < -0.4 is 0 Å². The van der Waals surface area contributed by atoms with Crippen molar-refractivity contribution in [1.82, 2.24) is 9.80 Å². The molecule has 2 heterocycles. The van der Waals surface area contributed by atoms with Crippen molar-refractivity contribution < 1.29 is 9.59 Å². The minimum Gasteiger partial charge on any atom is -0.333 e. The summed E-state index contributed by atoms with van der Waals surface area (Å²) in [7, 11) is 0. The fourth-order valence-electron chi connectivity index (χ4n) is 3.81. The zero-order valence-corrected chi connectivity index (χ0v) is 17.4. The van der Waals surface area contributed by atoms with Gasteiger partial charge in [0, 0.05) is 24.9 Å². The van der Waals surface area contributed by atoms with Crippen LogP contribution in [0.4, 0.5) is 0 Å². The van der Waals surface area contributed by atoms with Crippen LogP contribution in [0.3, 0.4) is 0 Å². The monoisotopic (exact) mass is 384 g/mol. The van der Waals surface area contributed by atoms with Crippen molar-refractivity contribution in [3.05, 3.63) is 57.3 Å². The predicted molar refractivity (Wildman–Crippen MR) is 110 cm³/mol. The molecule has 0 fully saturated rings. The van der Waals surface area contributed by atoms with Crippen LogP contribution >= 0.6 is 11.3 Å². The van der Waals surface area contributed by atoms with E-state index < -0.39 is 0 Å². The van der Waals surface area contributed by atoms with E-state index in [1.54, 1.807) is 23.2 Å². The molecule has 0 saturated heterocycles. The van der Waals surface area contributed by atoms with Gasteiger partial charge in [-0.3, -0.25) is 9.59 Å². The molecule has 3 rings (SSSR count). The van der Waals surface area contributed by atoms with Gasteiger partial charge in [0.2, 0.25) is 11.8 Å². The van der Waals surface area contributed by atoms with Gasteiger partial charge in [0.1, 0.15) is 0 Å². The summed E-state index contributed by atoms with van der Waals surface area (Å²) in [6.45, 7) is 9.22. The maximum absolute atomic E-state index is 13.3. The van der Waals surface area contributed by atoms with Gasteiger partial charge in [-0.2, -0.15) is 0 Å². The van der Waals surface area contributed by atoms with Gasteiger partial charge in [0.25, 0.3) is 0 Å². The molecule has 1 aliphatic heterocycles. The number of rotatable bonds is 5. The molecule has 0 N–H and O–H groups in total. The molecule has 1 atom stereocenters. The second-order valence-corrected chi connectivity index (χ2v) is 8.69. The lowest BCUT2D eigenvalue weighted by Gasteiger charge is -2.38. The lowest BCUT2D eigenvalue weighted by atomic mass is 9.90. The summed E-state index contributed by atoms with van der Waals surface area (Å²) < 4.78 is 0. The molecule has 0 bridgehead atoms. The van der Waals surface area contributed by atoms with Crippen LogP contribution in [0.1, 0.15) is 48.4 Å². The van der Waals surface area contributed by atoms with E-state index in [2.05, 4.69) is 44.4 Å². The Balaban J connectivity index is 1.92. The third-order valence-corrected chi connectivity index (χ3v) is 6.12. The molecule has 0 spiro atoms. The van der Waals surface area contributed by atoms with E-state index in [4.69, 9.17) is 0 Å². The molecule has 0 saturated carbocycles. The number of carbonyl (C=O) groups excluding carboxylic acids is 2. The van der Waals surface area contributed by atoms with E-state index in [1.807, 2.05) is 17.0 Å². The molecule has 4 nitrogen and oxygen atoms in total. The van der Waals surface area contributed by atoms with Crippen LogP contribution in [0.2, 0.25) is 0 Å². The second kappa shape index (κ2) is 8.26. The number of nitrogens with zero attached hydrogens (tertiary/aromatic N) is 2. The maximum Gasteiger partial charge on any atom is 0.242 e. The third kappa shape index (κ3) is 4.24. The number of hydrogen-bond donors (Lipinski definition) is 0. The minimum absolute atomic E-state index is 0.0240. The molecule has 1 aromatic carbocycles. The lowest BCUT2D eigenvalue weighted by Crippen LogP contribution is -2.47. The molecular formula is C22H28N2O2S. The molecule has 2 aromatic rings. The van der Waals surface area contributed by atoms with Crippen molar-refractivity contribution in [2.45, 2.75) is 40.2 Å². The summed E-state index contributed by atoms with van der Waals surface area (Å²) in [5.74, 6) is 0.312. The highest BCUT2D eigenvalue weighted by Crippen LogP contribution is 2.38. The van der Waals surface area contributed by atoms with Crippen molar-refractivity contribution in [3.63, 3.8) is 0 Å². The predicted octanol–water partition coefficient (Wildman–Crippen LogP) is 4.04. The maximum atomic E-state index is 13.3. The number of fused-ring (bicyclic) bond motifs is 1. The van der Waals surface area contributed by atoms with Gasteiger partial charge in [0.05, 0.1) is 12.6 Å². The smallest absolute Gasteiger partial charge is 0.242 e. The average molecular weight is 385 g/mol. The SMILES string of the molecule is CC(=O)N(CC(=O)N1CCc2sccc2[C@@H]1c1ccccc1C)CC(C)C. The Morgan fingerprint density at radius 3 is 2.63 bits per heavy atom. The highest BCUT2D eigenvalue weighted by Gasteiger charge is 2.34. The third-order valence-electron chi connectivity index (χ3n) is 5.13. The van der Waals surface area contributed by atoms with Gasteiger partial charge in [-0.15, -0.1) is 11.3 Å². The Kier molecular flexibility index (Phi) is 6.00. The number of aryl methyl sites for hydroxylation is 1. The molecule has 0 radical (unpaired) electrons. The number of hydrogen-bond acceptors (Lipinski definition) is 3. The Morgan fingerprint density at radius 1 is 1.22 bits per heavy atom. The first-order chi connectivity index (χ1) is 12.9. The molecule has 0 unspecified atom stereocenters. The average Bonchev–Trinajstić information content (AvgIpc) is 3.09. The summed E-state index contributed by atoms with van der Waals surface area (Å²) in [6.07, 6.45) is 0.880. The van der Waals surface area contributed by atoms with E-state index in [-0.39, 0.29) is 24.4 Å². The number of thiophene rings is 1. The largest absolute Gasteiger partial charge is 0.333 e. The van der Waals surface area contributed by atoms with Gasteiger partial charge < -0.3 is 9.80 Å². The second-order valence-electron chi connectivity index (χ2n) is 7.69. The van der Waals surface area contributed by atoms with Crippen LogP contribution in [0.25, 0.3) is 0 Å². The van der Waals surface area contributed by atoms with Gasteiger partial charge in [-0.25, -0.2) is 0 Å². The zero-order chi connectivity index (χ0) is 19.6. The quantitative estimate of drug-likeness (QED) is 0.781. The first-order valence-electron chi connectivity index (χ1n) is 9.55. The Bertz CT molecular complexity index is 827. The van der Waals surface area contributed by atoms with Gasteiger partial charge in [-0.05, 0) is 47.4 Å². The summed E-state index contributed by atoms with van der Waals surface area (Å²) in [5.41, 5.74) is 3.58. The Labute approximate surface area is 165 Å². The Hall–Kier alpha value is -2.14. The van der Waals surface area contributed by atoms with Crippen LogP contribution in [0.5, 0.6) is 0 Å². The van der Waals surface area contributed by atoms with Gasteiger partial charge in [0.15, 0.2) is 0 Å². The first kappa shape index (κ1) is 19.6. The van der Waals surface area contributed by atoms with Crippen LogP contribution in [0, 0.1) is 12.8 Å². The fourth-order valence-corrected chi connectivity index (χ4v) is 4.72. The number of carbonyl (C=O) groups is 2. The molecular weight excluding hydrogens is 356 g/mol. The molecule has 27 heavy (non-hydrogen) atoms. The lowest BCUT2D eigenvalue weighted by molar-refractivity contribution is -0.141. The summed E-state index contributed by atoms with van der Waals surface area (Å²) >= 11 is 1.77. The molecule has 2 amide bonds. The first-order valence-corrected chi connectivity index (χ1v) is 10.4. The summed E-state index contributed by atoms with van der Waals surface area (Å²) in [5, 5.41) is 2.12. The fraction of sp³-hybridized carbons (Fsp3) is 0.455. The van der Waals surface area contributed by atoms with Crippen LogP contribution in [-0.2, 0) is 16.0 Å². The van der Waals surface area contributed by atoms with E-state index in [0.29, 0.717) is 19.0 Å². The van der Waals surface area contributed by atoms with Crippen molar-refractivity contribution >= 4 is 23.2 Å². The number of amides is 2. The summed E-state index contributed by atoms with van der Waals surface area (Å²) in [6, 6.07) is 10.4. The zero-order valence-electron chi connectivity index (χ0n) is 16.6. The van der Waals surface area contributed by atoms with E-state index >= 15 is 0 Å². The Morgan fingerprint density at radius 2 is 1.96 bits per heavy atom. The van der Waals surface area contributed by atoms with Crippen molar-refractivity contribution in [1.29, 1.82) is 0 Å². The normalized spacial score (nSPS) is 16.3. The van der Waals surface area contributed by atoms with Crippen molar-refractivity contribution in [3.8, 4) is 0 Å². The van der Waals surface area contributed by atoms with Crippen molar-refractivity contribution in [2.75, 3.05) is 19.6 Å². The van der Waals surface area contributed by atoms with E-state index in [0.717, 1.165) is 6.42 Å². The van der Waals surface area contributed by atoms with Gasteiger partial charge in [-0.1, -0.05) is 38.1 Å². The van der Waals surface area contributed by atoms with Crippen molar-refractivity contribution in [2.24, 2.45) is 5.92 Å². The minimum atomic E-state index is -0.0680. The summed E-state index contributed by atoms with van der Waals surface area (Å²) in [4.78, 5) is 30.3. The molecule has 1 aliphatic rings. The topological polar surface area (TPSA) is 40.6 Å². The van der Waals surface area contributed by atoms with E-state index in [1.165, 1.54) is 21.6 Å². The number of benzene rings is 1. The molecule has 1 aromatic heterocycles. The molecule has 5 heteroatoms. The molecule has 144 valence electrons. The van der Waals surface area contributed by atoms with Gasteiger partial charge >= 0.3 is 0 Å². The van der Waals surface area contributed by atoms with E-state index in [9.17, 15) is 9.59 Å².